The van der Waals surface area contributed by atoms with Crippen LogP contribution >= 0.6 is 11.3 Å². The van der Waals surface area contributed by atoms with E-state index >= 15 is 0 Å². The zero-order valence-electron chi connectivity index (χ0n) is 13.5. The summed E-state index contributed by atoms with van der Waals surface area (Å²) in [5.41, 5.74) is 1.88. The number of nitrogens with zero attached hydrogens (tertiary/aromatic N) is 2. The number of hydrogen-bond acceptors (Lipinski definition) is 5. The van der Waals surface area contributed by atoms with Crippen LogP contribution in [-0.2, 0) is 6.54 Å². The molecule has 0 bridgehead atoms. The van der Waals surface area contributed by atoms with E-state index in [1.54, 1.807) is 7.11 Å². The maximum atomic E-state index is 12.6. The molecule has 24 heavy (non-hydrogen) atoms. The highest BCUT2D eigenvalue weighted by Crippen LogP contribution is 2.31. The Morgan fingerprint density at radius 1 is 1.25 bits per heavy atom. The van der Waals surface area contributed by atoms with Crippen LogP contribution in [-0.4, -0.2) is 35.1 Å². The van der Waals surface area contributed by atoms with Crippen molar-refractivity contribution < 1.29 is 4.74 Å². The van der Waals surface area contributed by atoms with E-state index in [0.29, 0.717) is 5.39 Å². The van der Waals surface area contributed by atoms with E-state index in [4.69, 9.17) is 4.74 Å². The van der Waals surface area contributed by atoms with Gasteiger partial charge in [0.15, 0.2) is 0 Å². The van der Waals surface area contributed by atoms with Crippen LogP contribution in [0.15, 0.2) is 34.4 Å². The third-order valence-corrected chi connectivity index (χ3v) is 5.34. The van der Waals surface area contributed by atoms with Crippen LogP contribution < -0.4 is 10.3 Å². The Hall–Kier alpha value is -2.18. The summed E-state index contributed by atoms with van der Waals surface area (Å²) in [7, 11) is 1.64. The Morgan fingerprint density at radius 3 is 2.71 bits per heavy atom. The highest BCUT2D eigenvalue weighted by Gasteiger charge is 2.16. The van der Waals surface area contributed by atoms with Crippen LogP contribution in [0.1, 0.15) is 18.7 Å². The summed E-state index contributed by atoms with van der Waals surface area (Å²) < 4.78 is 5.19. The molecule has 1 aromatic carbocycles. The van der Waals surface area contributed by atoms with Gasteiger partial charge >= 0.3 is 0 Å². The minimum atomic E-state index is -0.0544. The number of aromatic amines is 1. The van der Waals surface area contributed by atoms with Gasteiger partial charge in [-0.1, -0.05) is 12.1 Å². The van der Waals surface area contributed by atoms with Crippen molar-refractivity contribution in [3.05, 3.63) is 45.8 Å². The van der Waals surface area contributed by atoms with E-state index < -0.39 is 0 Å². The molecular weight excluding hydrogens is 322 g/mol. The number of ether oxygens (including phenoxy) is 1. The summed E-state index contributed by atoms with van der Waals surface area (Å²) >= 11 is 1.52. The molecular formula is C18H19N3O2S. The van der Waals surface area contributed by atoms with Crippen LogP contribution in [0.2, 0.25) is 0 Å². The number of likely N-dealkylation sites (tertiary alicyclic amines) is 1. The van der Waals surface area contributed by atoms with Crippen LogP contribution in [0.4, 0.5) is 0 Å². The minimum absolute atomic E-state index is 0.0544. The van der Waals surface area contributed by atoms with Gasteiger partial charge in [0.1, 0.15) is 16.4 Å². The minimum Gasteiger partial charge on any atom is -0.497 e. The first-order valence-electron chi connectivity index (χ1n) is 8.12. The Labute approximate surface area is 143 Å². The molecule has 1 aliphatic rings. The van der Waals surface area contributed by atoms with Crippen molar-refractivity contribution in [3.8, 4) is 16.9 Å². The molecule has 6 heteroatoms. The van der Waals surface area contributed by atoms with Crippen LogP contribution in [0, 0.1) is 0 Å². The van der Waals surface area contributed by atoms with Crippen molar-refractivity contribution in [3.63, 3.8) is 0 Å². The van der Waals surface area contributed by atoms with Gasteiger partial charge in [0.25, 0.3) is 5.56 Å². The Balaban J connectivity index is 1.71. The Morgan fingerprint density at radius 2 is 2.00 bits per heavy atom. The lowest BCUT2D eigenvalue weighted by Crippen LogP contribution is -2.22. The largest absolute Gasteiger partial charge is 0.497 e. The van der Waals surface area contributed by atoms with E-state index in [-0.39, 0.29) is 5.56 Å². The van der Waals surface area contributed by atoms with E-state index in [1.165, 1.54) is 24.2 Å². The molecule has 0 spiro atoms. The Kier molecular flexibility index (Phi) is 4.08. The summed E-state index contributed by atoms with van der Waals surface area (Å²) in [6, 6.07) is 7.75. The first-order chi connectivity index (χ1) is 11.7. The number of benzene rings is 1. The third-order valence-electron chi connectivity index (χ3n) is 4.47. The highest BCUT2D eigenvalue weighted by atomic mass is 32.1. The second-order valence-corrected chi connectivity index (χ2v) is 6.91. The molecule has 0 unspecified atom stereocenters. The molecule has 0 aliphatic carbocycles. The Bertz CT molecular complexity index is 908. The average molecular weight is 341 g/mol. The van der Waals surface area contributed by atoms with Gasteiger partial charge in [0.2, 0.25) is 0 Å². The first kappa shape index (κ1) is 15.4. The SMILES string of the molecule is COc1ccc(-c2csc3nc(CN4CCCC4)[nH]c(=O)c23)cc1. The molecule has 0 amide bonds. The number of nitrogens with one attached hydrogen (secondary N) is 1. The smallest absolute Gasteiger partial charge is 0.260 e. The molecule has 2 aromatic heterocycles. The second kappa shape index (κ2) is 6.37. The second-order valence-electron chi connectivity index (χ2n) is 6.05. The van der Waals surface area contributed by atoms with Gasteiger partial charge in [-0.05, 0) is 43.6 Å². The van der Waals surface area contributed by atoms with Crippen molar-refractivity contribution >= 4 is 21.6 Å². The van der Waals surface area contributed by atoms with Crippen LogP contribution in [0.3, 0.4) is 0 Å². The normalized spacial score (nSPS) is 15.2. The van der Waals surface area contributed by atoms with Gasteiger partial charge in [0, 0.05) is 10.9 Å². The van der Waals surface area contributed by atoms with Gasteiger partial charge in [-0.25, -0.2) is 4.98 Å². The predicted octanol–water partition coefficient (Wildman–Crippen LogP) is 3.26. The van der Waals surface area contributed by atoms with Crippen LogP contribution in [0.5, 0.6) is 5.75 Å². The molecule has 1 N–H and O–H groups in total. The molecule has 3 aromatic rings. The first-order valence-corrected chi connectivity index (χ1v) is 9.00. The molecule has 1 fully saturated rings. The molecule has 0 radical (unpaired) electrons. The quantitative estimate of drug-likeness (QED) is 0.791. The molecule has 1 aliphatic heterocycles. The van der Waals surface area contributed by atoms with Gasteiger partial charge < -0.3 is 9.72 Å². The highest BCUT2D eigenvalue weighted by molar-refractivity contribution is 7.17. The van der Waals surface area contributed by atoms with Crippen LogP contribution in [0.25, 0.3) is 21.3 Å². The van der Waals surface area contributed by atoms with E-state index in [9.17, 15) is 4.79 Å². The lowest BCUT2D eigenvalue weighted by atomic mass is 10.1. The summed E-state index contributed by atoms with van der Waals surface area (Å²) in [4.78, 5) is 23.4. The topological polar surface area (TPSA) is 58.2 Å². The molecule has 4 rings (SSSR count). The molecule has 124 valence electrons. The fraction of sp³-hybridized carbons (Fsp3) is 0.333. The molecule has 0 saturated carbocycles. The van der Waals surface area contributed by atoms with Crippen molar-refractivity contribution in [2.75, 3.05) is 20.2 Å². The number of rotatable bonds is 4. The summed E-state index contributed by atoms with van der Waals surface area (Å²) in [5.74, 6) is 1.57. The van der Waals surface area contributed by atoms with Gasteiger partial charge in [-0.2, -0.15) is 0 Å². The number of hydrogen-bond donors (Lipinski definition) is 1. The maximum Gasteiger partial charge on any atom is 0.260 e. The van der Waals surface area contributed by atoms with Crippen molar-refractivity contribution in [1.29, 1.82) is 0 Å². The fourth-order valence-corrected chi connectivity index (χ4v) is 4.17. The zero-order chi connectivity index (χ0) is 16.5. The van der Waals surface area contributed by atoms with Gasteiger partial charge in [-0.3, -0.25) is 9.69 Å². The van der Waals surface area contributed by atoms with Crippen molar-refractivity contribution in [1.82, 2.24) is 14.9 Å². The number of aromatic nitrogens is 2. The molecule has 3 heterocycles. The average Bonchev–Trinajstić information content (AvgIpc) is 3.25. The van der Waals surface area contributed by atoms with Gasteiger partial charge in [-0.15, -0.1) is 11.3 Å². The van der Waals surface area contributed by atoms with Crippen molar-refractivity contribution in [2.45, 2.75) is 19.4 Å². The van der Waals surface area contributed by atoms with Gasteiger partial charge in [0.05, 0.1) is 19.0 Å². The zero-order valence-corrected chi connectivity index (χ0v) is 14.4. The molecule has 0 atom stereocenters. The fourth-order valence-electron chi connectivity index (χ4n) is 3.20. The number of methoxy groups -OCH3 is 1. The standard InChI is InChI=1S/C18H19N3O2S/c1-23-13-6-4-12(5-7-13)14-11-24-18-16(14)17(22)19-15(20-18)10-21-8-2-3-9-21/h4-7,11H,2-3,8-10H2,1H3,(H,19,20,22). The van der Waals surface area contributed by atoms with E-state index in [1.807, 2.05) is 29.6 Å². The lowest BCUT2D eigenvalue weighted by molar-refractivity contribution is 0.322. The monoisotopic (exact) mass is 341 g/mol. The van der Waals surface area contributed by atoms with Crippen molar-refractivity contribution in [2.24, 2.45) is 0 Å². The number of thiophene rings is 1. The van der Waals surface area contributed by atoms with E-state index in [0.717, 1.165) is 47.2 Å². The summed E-state index contributed by atoms with van der Waals surface area (Å²) in [6.07, 6.45) is 2.46. The number of fused-ring (bicyclic) bond motifs is 1. The lowest BCUT2D eigenvalue weighted by Gasteiger charge is -2.13. The molecule has 1 saturated heterocycles. The number of H-pyrrole nitrogens is 1. The predicted molar refractivity (Wildman–Crippen MR) is 96.7 cm³/mol. The summed E-state index contributed by atoms with van der Waals surface area (Å²) in [5, 5.41) is 2.68. The van der Waals surface area contributed by atoms with E-state index in [2.05, 4.69) is 14.9 Å². The third kappa shape index (κ3) is 2.83. The molecule has 5 nitrogen and oxygen atoms in total. The summed E-state index contributed by atoms with van der Waals surface area (Å²) in [6.45, 7) is 2.90. The maximum absolute atomic E-state index is 12.6.